The number of carbonyl (C=O) groups excluding carboxylic acids is 1. The molecule has 118 valence electrons. The van der Waals surface area contributed by atoms with Gasteiger partial charge >= 0.3 is 0 Å². The third-order valence-corrected chi connectivity index (χ3v) is 4.42. The lowest BCUT2D eigenvalue weighted by Gasteiger charge is -2.08. The SMILES string of the molecule is NC(=O)c1cccc2c1c1ccc(Cl)cc1n2Cc1cccnc1. The van der Waals surface area contributed by atoms with Crippen LogP contribution in [0.3, 0.4) is 0 Å². The van der Waals surface area contributed by atoms with E-state index in [0.717, 1.165) is 27.4 Å². The number of benzene rings is 2. The minimum absolute atomic E-state index is 0.434. The van der Waals surface area contributed by atoms with Crippen molar-refractivity contribution in [2.45, 2.75) is 6.54 Å². The topological polar surface area (TPSA) is 60.9 Å². The summed E-state index contributed by atoms with van der Waals surface area (Å²) < 4.78 is 2.14. The second-order valence-corrected chi connectivity index (χ2v) is 6.11. The fourth-order valence-corrected chi connectivity index (χ4v) is 3.33. The average Bonchev–Trinajstić information content (AvgIpc) is 2.89. The van der Waals surface area contributed by atoms with Crippen LogP contribution in [0.5, 0.6) is 0 Å². The minimum Gasteiger partial charge on any atom is -0.366 e. The van der Waals surface area contributed by atoms with E-state index in [4.69, 9.17) is 17.3 Å². The zero-order valence-electron chi connectivity index (χ0n) is 12.7. The third-order valence-electron chi connectivity index (χ3n) is 4.18. The highest BCUT2D eigenvalue weighted by molar-refractivity contribution is 6.32. The number of primary amides is 1. The van der Waals surface area contributed by atoms with Gasteiger partial charge in [0, 0.05) is 40.3 Å². The second kappa shape index (κ2) is 5.65. The summed E-state index contributed by atoms with van der Waals surface area (Å²) in [5, 5.41) is 2.48. The predicted octanol–water partition coefficient (Wildman–Crippen LogP) is 3.99. The number of carbonyl (C=O) groups is 1. The van der Waals surface area contributed by atoms with Crippen LogP contribution in [0.2, 0.25) is 5.02 Å². The molecule has 2 aromatic carbocycles. The van der Waals surface area contributed by atoms with E-state index in [2.05, 4.69) is 9.55 Å². The normalized spacial score (nSPS) is 11.2. The van der Waals surface area contributed by atoms with Crippen LogP contribution in [-0.4, -0.2) is 15.5 Å². The van der Waals surface area contributed by atoms with Crippen molar-refractivity contribution in [3.05, 3.63) is 77.1 Å². The molecule has 0 aliphatic rings. The molecule has 0 atom stereocenters. The zero-order valence-corrected chi connectivity index (χ0v) is 13.5. The Bertz CT molecular complexity index is 1070. The van der Waals surface area contributed by atoms with Gasteiger partial charge in [-0.1, -0.05) is 29.8 Å². The standard InChI is InChI=1S/C19H14ClN3O/c20-13-6-7-14-17(9-13)23(11-12-3-2-8-22-10-12)16-5-1-4-15(18(14)16)19(21)24/h1-10H,11H2,(H2,21,24). The van der Waals surface area contributed by atoms with Crippen LogP contribution in [0.25, 0.3) is 21.8 Å². The van der Waals surface area contributed by atoms with Gasteiger partial charge in [0.05, 0.1) is 11.0 Å². The molecular weight excluding hydrogens is 322 g/mol. The quantitative estimate of drug-likeness (QED) is 0.615. The number of amides is 1. The molecule has 2 heterocycles. The van der Waals surface area contributed by atoms with Crippen molar-refractivity contribution in [1.29, 1.82) is 0 Å². The lowest BCUT2D eigenvalue weighted by molar-refractivity contribution is 0.100. The fraction of sp³-hybridized carbons (Fsp3) is 0.0526. The summed E-state index contributed by atoms with van der Waals surface area (Å²) in [4.78, 5) is 16.0. The maximum atomic E-state index is 11.9. The van der Waals surface area contributed by atoms with Gasteiger partial charge in [-0.3, -0.25) is 9.78 Å². The zero-order chi connectivity index (χ0) is 16.7. The molecule has 1 amide bonds. The molecule has 2 N–H and O–H groups in total. The molecule has 0 radical (unpaired) electrons. The molecule has 4 rings (SSSR count). The van der Waals surface area contributed by atoms with Crippen molar-refractivity contribution >= 4 is 39.3 Å². The molecule has 4 nitrogen and oxygen atoms in total. The van der Waals surface area contributed by atoms with Gasteiger partial charge in [0.2, 0.25) is 5.91 Å². The van der Waals surface area contributed by atoms with Gasteiger partial charge in [0.25, 0.3) is 0 Å². The number of fused-ring (bicyclic) bond motifs is 3. The van der Waals surface area contributed by atoms with E-state index in [1.807, 2.05) is 48.7 Å². The Balaban J connectivity index is 2.08. The van der Waals surface area contributed by atoms with Gasteiger partial charge in [-0.2, -0.15) is 0 Å². The van der Waals surface area contributed by atoms with E-state index in [1.54, 1.807) is 12.3 Å². The Morgan fingerprint density at radius 1 is 1.12 bits per heavy atom. The molecule has 0 fully saturated rings. The largest absolute Gasteiger partial charge is 0.366 e. The van der Waals surface area contributed by atoms with Crippen LogP contribution >= 0.6 is 11.6 Å². The number of aromatic nitrogens is 2. The van der Waals surface area contributed by atoms with E-state index < -0.39 is 5.91 Å². The van der Waals surface area contributed by atoms with Gasteiger partial charge in [-0.05, 0) is 35.9 Å². The Morgan fingerprint density at radius 3 is 2.75 bits per heavy atom. The lowest BCUT2D eigenvalue weighted by atomic mass is 10.1. The molecule has 24 heavy (non-hydrogen) atoms. The molecule has 0 bridgehead atoms. The molecule has 5 heteroatoms. The Morgan fingerprint density at radius 2 is 2.00 bits per heavy atom. The summed E-state index contributed by atoms with van der Waals surface area (Å²) in [7, 11) is 0. The summed E-state index contributed by atoms with van der Waals surface area (Å²) in [5.41, 5.74) is 9.09. The number of halogens is 1. The highest BCUT2D eigenvalue weighted by Crippen LogP contribution is 2.33. The van der Waals surface area contributed by atoms with Crippen LogP contribution in [0.1, 0.15) is 15.9 Å². The number of nitrogens with zero attached hydrogens (tertiary/aromatic N) is 2. The summed E-state index contributed by atoms with van der Waals surface area (Å²) in [6.45, 7) is 0.635. The van der Waals surface area contributed by atoms with Gasteiger partial charge in [0.15, 0.2) is 0 Å². The number of rotatable bonds is 3. The first-order valence-electron chi connectivity index (χ1n) is 7.54. The van der Waals surface area contributed by atoms with E-state index in [0.29, 0.717) is 17.1 Å². The summed E-state index contributed by atoms with van der Waals surface area (Å²) in [6.07, 6.45) is 3.58. The molecule has 0 unspecified atom stereocenters. The molecule has 0 saturated heterocycles. The lowest BCUT2D eigenvalue weighted by Crippen LogP contribution is -2.11. The molecule has 0 spiro atoms. The molecule has 0 aliphatic heterocycles. The van der Waals surface area contributed by atoms with E-state index in [9.17, 15) is 4.79 Å². The third kappa shape index (κ3) is 2.32. The van der Waals surface area contributed by atoms with E-state index in [1.165, 1.54) is 0 Å². The monoisotopic (exact) mass is 335 g/mol. The van der Waals surface area contributed by atoms with Gasteiger partial charge in [-0.25, -0.2) is 0 Å². The molecule has 0 aliphatic carbocycles. The first kappa shape index (κ1) is 14.7. The van der Waals surface area contributed by atoms with Crippen molar-refractivity contribution in [3.63, 3.8) is 0 Å². The first-order valence-corrected chi connectivity index (χ1v) is 7.92. The van der Waals surface area contributed by atoms with Gasteiger partial charge in [0.1, 0.15) is 0 Å². The van der Waals surface area contributed by atoms with Gasteiger partial charge in [-0.15, -0.1) is 0 Å². The van der Waals surface area contributed by atoms with Crippen LogP contribution < -0.4 is 5.73 Å². The molecule has 0 saturated carbocycles. The Hall–Kier alpha value is -2.85. The minimum atomic E-state index is -0.434. The number of hydrogen-bond donors (Lipinski definition) is 1. The summed E-state index contributed by atoms with van der Waals surface area (Å²) in [5.74, 6) is -0.434. The highest BCUT2D eigenvalue weighted by Gasteiger charge is 2.16. The Kier molecular flexibility index (Phi) is 3.47. The molecular formula is C19H14ClN3O. The molecule has 4 aromatic rings. The van der Waals surface area contributed by atoms with Gasteiger partial charge < -0.3 is 10.3 Å². The first-order chi connectivity index (χ1) is 11.6. The smallest absolute Gasteiger partial charge is 0.249 e. The second-order valence-electron chi connectivity index (χ2n) is 5.67. The number of nitrogens with two attached hydrogens (primary N) is 1. The van der Waals surface area contributed by atoms with E-state index in [-0.39, 0.29) is 0 Å². The van der Waals surface area contributed by atoms with Crippen LogP contribution in [0.4, 0.5) is 0 Å². The van der Waals surface area contributed by atoms with Crippen LogP contribution in [0.15, 0.2) is 60.9 Å². The maximum Gasteiger partial charge on any atom is 0.249 e. The average molecular weight is 336 g/mol. The van der Waals surface area contributed by atoms with Crippen LogP contribution in [0, 0.1) is 0 Å². The van der Waals surface area contributed by atoms with E-state index >= 15 is 0 Å². The van der Waals surface area contributed by atoms with Crippen molar-refractivity contribution in [1.82, 2.24) is 9.55 Å². The highest BCUT2D eigenvalue weighted by atomic mass is 35.5. The van der Waals surface area contributed by atoms with Crippen molar-refractivity contribution in [2.75, 3.05) is 0 Å². The van der Waals surface area contributed by atoms with Crippen molar-refractivity contribution in [2.24, 2.45) is 5.73 Å². The molecule has 2 aromatic heterocycles. The van der Waals surface area contributed by atoms with Crippen LogP contribution in [-0.2, 0) is 6.54 Å². The predicted molar refractivity (Wildman–Crippen MR) is 96.3 cm³/mol. The summed E-state index contributed by atoms with van der Waals surface area (Å²) in [6, 6.07) is 15.2. The van der Waals surface area contributed by atoms with Crippen molar-refractivity contribution < 1.29 is 4.79 Å². The number of pyridine rings is 1. The fourth-order valence-electron chi connectivity index (χ4n) is 3.17. The summed E-state index contributed by atoms with van der Waals surface area (Å²) >= 11 is 6.21. The van der Waals surface area contributed by atoms with Crippen molar-refractivity contribution in [3.8, 4) is 0 Å². The maximum absolute atomic E-state index is 11.9. The number of hydrogen-bond acceptors (Lipinski definition) is 2. The Labute approximate surface area is 143 Å².